The zero-order valence-electron chi connectivity index (χ0n) is 15.2. The lowest BCUT2D eigenvalue weighted by Gasteiger charge is -2.59. The SMILES string of the molecule is CC(=O)[C@@H]1CC[C@H]2[C@@H]3CCC4=CC(=O)CC[C@@]4(C)[C@@H]3[C@@H](O)C[C@]12C. The Morgan fingerprint density at radius 3 is 2.67 bits per heavy atom. The summed E-state index contributed by atoms with van der Waals surface area (Å²) < 4.78 is 0. The number of fused-ring (bicyclic) bond motifs is 5. The Hall–Kier alpha value is -0.960. The van der Waals surface area contributed by atoms with Crippen molar-refractivity contribution in [1.29, 1.82) is 0 Å². The van der Waals surface area contributed by atoms with E-state index in [9.17, 15) is 14.7 Å². The first kappa shape index (κ1) is 16.5. The lowest BCUT2D eigenvalue weighted by atomic mass is 9.46. The van der Waals surface area contributed by atoms with Crippen LogP contribution in [0.3, 0.4) is 0 Å². The van der Waals surface area contributed by atoms with Gasteiger partial charge in [0.05, 0.1) is 6.10 Å². The highest BCUT2D eigenvalue weighted by Gasteiger charge is 2.62. The van der Waals surface area contributed by atoms with Gasteiger partial charge in [0, 0.05) is 12.3 Å². The molecule has 3 saturated carbocycles. The highest BCUT2D eigenvalue weighted by atomic mass is 16.3. The van der Waals surface area contributed by atoms with Crippen molar-refractivity contribution in [2.24, 2.45) is 34.5 Å². The topological polar surface area (TPSA) is 54.4 Å². The smallest absolute Gasteiger partial charge is 0.155 e. The second kappa shape index (κ2) is 5.27. The van der Waals surface area contributed by atoms with Crippen LogP contribution >= 0.6 is 0 Å². The molecule has 0 heterocycles. The van der Waals surface area contributed by atoms with Crippen LogP contribution in [0.1, 0.15) is 65.7 Å². The van der Waals surface area contributed by atoms with E-state index in [2.05, 4.69) is 13.8 Å². The van der Waals surface area contributed by atoms with E-state index in [1.54, 1.807) is 6.92 Å². The largest absolute Gasteiger partial charge is 0.393 e. The predicted octanol–water partition coefficient (Wildman–Crippen LogP) is 3.69. The summed E-state index contributed by atoms with van der Waals surface area (Å²) in [6.07, 6.45) is 7.97. The Bertz CT molecular complexity index is 621. The molecule has 0 aliphatic heterocycles. The predicted molar refractivity (Wildman–Crippen MR) is 92.3 cm³/mol. The number of hydrogen-bond donors (Lipinski definition) is 1. The fourth-order valence-electron chi connectivity index (χ4n) is 7.35. The number of carbonyl (C=O) groups is 2. The molecule has 0 amide bonds. The number of aliphatic hydroxyl groups excluding tert-OH is 1. The standard InChI is InChI=1S/C21H30O3/c1-12(22)16-6-7-17-15-5-4-13-10-14(23)8-9-20(13,2)19(15)18(24)11-21(16,17)3/h10,15-19,24H,4-9,11H2,1-3H3/t15-,16-,17-,18-,19-,20+,21+/m0/s1. The van der Waals surface area contributed by atoms with Crippen LogP contribution in [-0.2, 0) is 9.59 Å². The Morgan fingerprint density at radius 1 is 1.21 bits per heavy atom. The van der Waals surface area contributed by atoms with Crippen LogP contribution in [0.25, 0.3) is 0 Å². The molecular formula is C21H30O3. The average Bonchev–Trinajstić information content (AvgIpc) is 2.84. The van der Waals surface area contributed by atoms with Gasteiger partial charge in [0.2, 0.25) is 0 Å². The van der Waals surface area contributed by atoms with Gasteiger partial charge in [-0.3, -0.25) is 9.59 Å². The van der Waals surface area contributed by atoms with Crippen LogP contribution in [0.15, 0.2) is 11.6 Å². The number of carbonyl (C=O) groups excluding carboxylic acids is 2. The molecule has 3 fully saturated rings. The Labute approximate surface area is 144 Å². The normalized spacial score (nSPS) is 50.6. The van der Waals surface area contributed by atoms with E-state index in [-0.39, 0.29) is 34.6 Å². The maximum Gasteiger partial charge on any atom is 0.155 e. The number of ketones is 2. The molecule has 7 atom stereocenters. The molecule has 0 spiro atoms. The quantitative estimate of drug-likeness (QED) is 0.797. The lowest BCUT2D eigenvalue weighted by molar-refractivity contribution is -0.143. The minimum absolute atomic E-state index is 0.0219. The molecule has 3 heteroatoms. The van der Waals surface area contributed by atoms with Crippen molar-refractivity contribution in [1.82, 2.24) is 0 Å². The summed E-state index contributed by atoms with van der Waals surface area (Å²) in [7, 11) is 0. The van der Waals surface area contributed by atoms with Gasteiger partial charge >= 0.3 is 0 Å². The van der Waals surface area contributed by atoms with Gasteiger partial charge < -0.3 is 5.11 Å². The molecule has 0 bridgehead atoms. The fourth-order valence-corrected chi connectivity index (χ4v) is 7.35. The summed E-state index contributed by atoms with van der Waals surface area (Å²) in [5, 5.41) is 11.2. The molecule has 132 valence electrons. The van der Waals surface area contributed by atoms with E-state index in [0.717, 1.165) is 38.5 Å². The maximum atomic E-state index is 12.2. The van der Waals surface area contributed by atoms with Gasteiger partial charge in [0.15, 0.2) is 5.78 Å². The summed E-state index contributed by atoms with van der Waals surface area (Å²) in [5.41, 5.74) is 1.23. The van der Waals surface area contributed by atoms with Crippen LogP contribution in [-0.4, -0.2) is 22.8 Å². The summed E-state index contributed by atoms with van der Waals surface area (Å²) in [6.45, 7) is 6.27. The first-order chi connectivity index (χ1) is 11.3. The second-order valence-corrected chi connectivity index (χ2v) is 9.41. The number of hydrogen-bond acceptors (Lipinski definition) is 3. The number of allylic oxidation sites excluding steroid dienone is 1. The highest BCUT2D eigenvalue weighted by molar-refractivity contribution is 5.91. The van der Waals surface area contributed by atoms with E-state index >= 15 is 0 Å². The third-order valence-electron chi connectivity index (χ3n) is 8.38. The van der Waals surface area contributed by atoms with Crippen LogP contribution in [0.4, 0.5) is 0 Å². The van der Waals surface area contributed by atoms with Crippen LogP contribution in [0.5, 0.6) is 0 Å². The average molecular weight is 330 g/mol. The van der Waals surface area contributed by atoms with E-state index in [0.29, 0.717) is 24.0 Å². The van der Waals surface area contributed by atoms with Crippen molar-refractivity contribution in [2.75, 3.05) is 0 Å². The Kier molecular flexibility index (Phi) is 3.62. The molecule has 0 aromatic rings. The molecule has 0 aromatic heterocycles. The van der Waals surface area contributed by atoms with Gasteiger partial charge in [0.1, 0.15) is 5.78 Å². The second-order valence-electron chi connectivity index (χ2n) is 9.41. The molecule has 4 aliphatic rings. The molecule has 0 aromatic carbocycles. The van der Waals surface area contributed by atoms with Gasteiger partial charge in [-0.05, 0) is 80.1 Å². The van der Waals surface area contributed by atoms with Gasteiger partial charge in [-0.2, -0.15) is 0 Å². The van der Waals surface area contributed by atoms with E-state index < -0.39 is 0 Å². The van der Waals surface area contributed by atoms with Gasteiger partial charge in [-0.15, -0.1) is 0 Å². The molecule has 3 nitrogen and oxygen atoms in total. The van der Waals surface area contributed by atoms with E-state index in [1.807, 2.05) is 6.08 Å². The van der Waals surface area contributed by atoms with Crippen molar-refractivity contribution in [2.45, 2.75) is 71.8 Å². The fraction of sp³-hybridized carbons (Fsp3) is 0.810. The van der Waals surface area contributed by atoms with E-state index in [4.69, 9.17) is 0 Å². The number of aliphatic hydroxyl groups is 1. The van der Waals surface area contributed by atoms with Gasteiger partial charge in [-0.1, -0.05) is 19.4 Å². The molecule has 0 radical (unpaired) electrons. The molecule has 0 unspecified atom stereocenters. The lowest BCUT2D eigenvalue weighted by Crippen LogP contribution is -2.56. The molecule has 4 rings (SSSR count). The zero-order chi connectivity index (χ0) is 17.3. The Balaban J connectivity index is 1.72. The monoisotopic (exact) mass is 330 g/mol. The molecular weight excluding hydrogens is 300 g/mol. The third kappa shape index (κ3) is 2.06. The minimum Gasteiger partial charge on any atom is -0.393 e. The highest BCUT2D eigenvalue weighted by Crippen LogP contribution is 2.66. The molecule has 0 saturated heterocycles. The summed E-state index contributed by atoms with van der Waals surface area (Å²) >= 11 is 0. The first-order valence-corrected chi connectivity index (χ1v) is 9.70. The Morgan fingerprint density at radius 2 is 1.96 bits per heavy atom. The van der Waals surface area contributed by atoms with Crippen LogP contribution < -0.4 is 0 Å². The third-order valence-corrected chi connectivity index (χ3v) is 8.38. The molecule has 24 heavy (non-hydrogen) atoms. The van der Waals surface area contributed by atoms with Gasteiger partial charge in [0.25, 0.3) is 0 Å². The molecule has 1 N–H and O–H groups in total. The van der Waals surface area contributed by atoms with Crippen molar-refractivity contribution in [3.05, 3.63) is 11.6 Å². The van der Waals surface area contributed by atoms with E-state index in [1.165, 1.54) is 5.57 Å². The minimum atomic E-state index is -0.349. The zero-order valence-corrected chi connectivity index (χ0v) is 15.2. The van der Waals surface area contributed by atoms with Crippen LogP contribution in [0.2, 0.25) is 0 Å². The van der Waals surface area contributed by atoms with Crippen LogP contribution in [0, 0.1) is 34.5 Å². The maximum absolute atomic E-state index is 12.2. The van der Waals surface area contributed by atoms with Crippen molar-refractivity contribution < 1.29 is 14.7 Å². The number of rotatable bonds is 1. The summed E-state index contributed by atoms with van der Waals surface area (Å²) in [6, 6.07) is 0. The summed E-state index contributed by atoms with van der Waals surface area (Å²) in [4.78, 5) is 24.0. The van der Waals surface area contributed by atoms with Crippen molar-refractivity contribution >= 4 is 11.6 Å². The first-order valence-electron chi connectivity index (χ1n) is 9.70. The summed E-state index contributed by atoms with van der Waals surface area (Å²) in [5.74, 6) is 1.99. The van der Waals surface area contributed by atoms with Crippen molar-refractivity contribution in [3.8, 4) is 0 Å². The van der Waals surface area contributed by atoms with Gasteiger partial charge in [-0.25, -0.2) is 0 Å². The van der Waals surface area contributed by atoms with Crippen molar-refractivity contribution in [3.63, 3.8) is 0 Å². The molecule has 4 aliphatic carbocycles. The number of Topliss-reactive ketones (excluding diaryl/α,β-unsaturated/α-hetero) is 1.